The Kier molecular flexibility index (Phi) is 9.56. The van der Waals surface area contributed by atoms with E-state index in [1.165, 1.54) is 12.1 Å². The number of nitrogens with zero attached hydrogens (tertiary/aromatic N) is 1. The number of benzene rings is 3. The van der Waals surface area contributed by atoms with Gasteiger partial charge in [-0.3, -0.25) is 9.59 Å². The van der Waals surface area contributed by atoms with Gasteiger partial charge in [0.25, 0.3) is 0 Å². The number of carbonyl (C=O) groups is 2. The van der Waals surface area contributed by atoms with E-state index in [-0.39, 0.29) is 30.2 Å². The van der Waals surface area contributed by atoms with E-state index < -0.39 is 6.04 Å². The first-order chi connectivity index (χ1) is 17.6. The molecule has 4 rings (SSSR count). The predicted molar refractivity (Wildman–Crippen MR) is 143 cm³/mol. The molecule has 6 heteroatoms. The molecule has 1 saturated carbocycles. The quantitative estimate of drug-likeness (QED) is 0.326. The van der Waals surface area contributed by atoms with Crippen molar-refractivity contribution in [1.29, 1.82) is 0 Å². The van der Waals surface area contributed by atoms with Crippen molar-refractivity contribution in [3.63, 3.8) is 0 Å². The molecule has 3 aromatic carbocycles. The van der Waals surface area contributed by atoms with Crippen LogP contribution in [0.3, 0.4) is 0 Å². The molecular weight excluding hydrogens is 471 g/mol. The van der Waals surface area contributed by atoms with Crippen LogP contribution in [0.25, 0.3) is 0 Å². The van der Waals surface area contributed by atoms with Gasteiger partial charge in [0.15, 0.2) is 0 Å². The van der Waals surface area contributed by atoms with Crippen molar-refractivity contribution in [3.05, 3.63) is 102 Å². The zero-order chi connectivity index (χ0) is 25.2. The van der Waals surface area contributed by atoms with Crippen molar-refractivity contribution in [2.24, 2.45) is 0 Å². The molecule has 0 spiro atoms. The molecule has 1 aliphatic carbocycles. The smallest absolute Gasteiger partial charge is 0.243 e. The third-order valence-corrected chi connectivity index (χ3v) is 7.58. The summed E-state index contributed by atoms with van der Waals surface area (Å²) in [7, 11) is 0. The minimum Gasteiger partial charge on any atom is -0.352 e. The number of amides is 2. The molecule has 3 aromatic rings. The molecule has 1 atom stereocenters. The second-order valence-electron chi connectivity index (χ2n) is 9.26. The summed E-state index contributed by atoms with van der Waals surface area (Å²) in [5.41, 5.74) is 1.80. The second kappa shape index (κ2) is 13.3. The van der Waals surface area contributed by atoms with Crippen LogP contribution < -0.4 is 5.32 Å². The Morgan fingerprint density at radius 2 is 1.53 bits per heavy atom. The van der Waals surface area contributed by atoms with E-state index in [4.69, 9.17) is 0 Å². The normalized spacial score (nSPS) is 14.4. The van der Waals surface area contributed by atoms with Crippen LogP contribution in [0.4, 0.5) is 4.39 Å². The van der Waals surface area contributed by atoms with Gasteiger partial charge in [-0.25, -0.2) is 4.39 Å². The molecule has 36 heavy (non-hydrogen) atoms. The molecule has 4 nitrogen and oxygen atoms in total. The maximum absolute atomic E-state index is 13.6. The molecule has 188 valence electrons. The second-order valence-corrected chi connectivity index (χ2v) is 10.4. The fraction of sp³-hybridized carbons (Fsp3) is 0.333. The molecule has 0 radical (unpaired) electrons. The van der Waals surface area contributed by atoms with Crippen LogP contribution in [0, 0.1) is 5.82 Å². The molecule has 1 fully saturated rings. The highest BCUT2D eigenvalue weighted by Gasteiger charge is 2.32. The van der Waals surface area contributed by atoms with E-state index in [1.807, 2.05) is 60.7 Å². The maximum atomic E-state index is 13.6. The lowest BCUT2D eigenvalue weighted by molar-refractivity contribution is -0.141. The Morgan fingerprint density at radius 1 is 0.889 bits per heavy atom. The average molecular weight is 505 g/mol. The van der Waals surface area contributed by atoms with Crippen LogP contribution in [-0.2, 0) is 22.6 Å². The van der Waals surface area contributed by atoms with Crippen molar-refractivity contribution in [2.45, 2.75) is 62.0 Å². The summed E-state index contributed by atoms with van der Waals surface area (Å²) in [4.78, 5) is 30.1. The molecule has 0 aromatic heterocycles. The van der Waals surface area contributed by atoms with Crippen LogP contribution >= 0.6 is 11.8 Å². The van der Waals surface area contributed by atoms with E-state index in [2.05, 4.69) is 5.32 Å². The number of carbonyl (C=O) groups excluding carboxylic acids is 2. The van der Waals surface area contributed by atoms with Crippen molar-refractivity contribution in [3.8, 4) is 0 Å². The van der Waals surface area contributed by atoms with Crippen LogP contribution in [-0.4, -0.2) is 34.6 Å². The van der Waals surface area contributed by atoms with Gasteiger partial charge >= 0.3 is 0 Å². The molecule has 0 heterocycles. The van der Waals surface area contributed by atoms with Gasteiger partial charge in [-0.15, -0.1) is 11.8 Å². The summed E-state index contributed by atoms with van der Waals surface area (Å²) in [6.07, 6.45) is 4.92. The van der Waals surface area contributed by atoms with Gasteiger partial charge in [0.1, 0.15) is 11.9 Å². The van der Waals surface area contributed by atoms with Gasteiger partial charge in [0.2, 0.25) is 11.8 Å². The number of rotatable bonds is 11. The molecule has 0 bridgehead atoms. The average Bonchev–Trinajstić information content (AvgIpc) is 3.41. The van der Waals surface area contributed by atoms with Gasteiger partial charge < -0.3 is 10.2 Å². The molecule has 0 aliphatic heterocycles. The van der Waals surface area contributed by atoms with Gasteiger partial charge in [-0.1, -0.05) is 73.5 Å². The molecule has 2 amide bonds. The van der Waals surface area contributed by atoms with Crippen molar-refractivity contribution in [2.75, 3.05) is 5.75 Å². The van der Waals surface area contributed by atoms with E-state index in [9.17, 15) is 14.0 Å². The number of halogens is 1. The monoisotopic (exact) mass is 504 g/mol. The number of hydrogen-bond donors (Lipinski definition) is 1. The highest BCUT2D eigenvalue weighted by atomic mass is 32.2. The Bertz CT molecular complexity index is 1100. The van der Waals surface area contributed by atoms with Crippen molar-refractivity contribution >= 4 is 23.6 Å². The zero-order valence-corrected chi connectivity index (χ0v) is 21.3. The Balaban J connectivity index is 1.56. The number of nitrogens with one attached hydrogen (secondary N) is 1. The predicted octanol–water partition coefficient (Wildman–Crippen LogP) is 6.01. The van der Waals surface area contributed by atoms with E-state index in [1.54, 1.807) is 28.8 Å². The van der Waals surface area contributed by atoms with Gasteiger partial charge in [0, 0.05) is 36.1 Å². The third-order valence-electron chi connectivity index (χ3n) is 6.57. The highest BCUT2D eigenvalue weighted by Crippen LogP contribution is 2.22. The number of hydrogen-bond acceptors (Lipinski definition) is 3. The zero-order valence-electron chi connectivity index (χ0n) is 20.4. The van der Waals surface area contributed by atoms with Gasteiger partial charge in [-0.05, 0) is 48.2 Å². The first-order valence-electron chi connectivity index (χ1n) is 12.6. The van der Waals surface area contributed by atoms with Crippen LogP contribution in [0.1, 0.15) is 43.2 Å². The largest absolute Gasteiger partial charge is 0.352 e. The minimum absolute atomic E-state index is 0.0785. The third kappa shape index (κ3) is 7.69. The summed E-state index contributed by atoms with van der Waals surface area (Å²) in [6.45, 7) is 0.255. The lowest BCUT2D eigenvalue weighted by Gasteiger charge is -2.32. The van der Waals surface area contributed by atoms with E-state index in [0.29, 0.717) is 18.6 Å². The Morgan fingerprint density at radius 3 is 2.19 bits per heavy atom. The van der Waals surface area contributed by atoms with Crippen LogP contribution in [0.5, 0.6) is 0 Å². The lowest BCUT2D eigenvalue weighted by Crippen LogP contribution is -2.52. The van der Waals surface area contributed by atoms with Crippen LogP contribution in [0.15, 0.2) is 89.8 Å². The minimum atomic E-state index is -0.646. The SMILES string of the molecule is O=C(NC1CCCC1)[C@H](Cc1ccccc1)N(Cc1ccc(F)cc1)C(=O)CCSc1ccccc1. The van der Waals surface area contributed by atoms with Crippen LogP contribution in [0.2, 0.25) is 0 Å². The van der Waals surface area contributed by atoms with Gasteiger partial charge in [0.05, 0.1) is 0 Å². The molecule has 0 unspecified atom stereocenters. The first kappa shape index (κ1) is 26.0. The Hall–Kier alpha value is -3.12. The first-order valence-corrected chi connectivity index (χ1v) is 13.6. The topological polar surface area (TPSA) is 49.4 Å². The molecule has 1 aliphatic rings. The van der Waals surface area contributed by atoms with E-state index >= 15 is 0 Å². The van der Waals surface area contributed by atoms with Crippen molar-refractivity contribution in [1.82, 2.24) is 10.2 Å². The highest BCUT2D eigenvalue weighted by molar-refractivity contribution is 7.99. The summed E-state index contributed by atoms with van der Waals surface area (Å²) in [5.74, 6) is 0.100. The summed E-state index contributed by atoms with van der Waals surface area (Å²) in [6, 6.07) is 25.5. The molecule has 0 saturated heterocycles. The summed E-state index contributed by atoms with van der Waals surface area (Å²) in [5, 5.41) is 3.21. The molecule has 1 N–H and O–H groups in total. The molecular formula is C30H33FN2O2S. The lowest BCUT2D eigenvalue weighted by atomic mass is 10.0. The van der Waals surface area contributed by atoms with Gasteiger partial charge in [-0.2, -0.15) is 0 Å². The Labute approximate surface area is 217 Å². The number of thioether (sulfide) groups is 1. The summed E-state index contributed by atoms with van der Waals surface area (Å²) < 4.78 is 13.6. The fourth-order valence-electron chi connectivity index (χ4n) is 4.62. The summed E-state index contributed by atoms with van der Waals surface area (Å²) >= 11 is 1.63. The van der Waals surface area contributed by atoms with E-state index in [0.717, 1.165) is 41.7 Å². The fourth-order valence-corrected chi connectivity index (χ4v) is 5.49. The standard InChI is InChI=1S/C30H33FN2O2S/c31-25-17-15-24(16-18-25)22-33(29(34)19-20-36-27-13-5-2-6-14-27)28(21-23-9-3-1-4-10-23)30(35)32-26-11-7-8-12-26/h1-6,9-10,13-18,26,28H,7-8,11-12,19-22H2,(H,32,35)/t28-/m0/s1. The maximum Gasteiger partial charge on any atom is 0.243 e. The van der Waals surface area contributed by atoms with Crippen molar-refractivity contribution < 1.29 is 14.0 Å².